The van der Waals surface area contributed by atoms with Gasteiger partial charge in [0.2, 0.25) is 0 Å². The highest BCUT2D eigenvalue weighted by Crippen LogP contribution is 2.36. The van der Waals surface area contributed by atoms with Gasteiger partial charge in [0.15, 0.2) is 5.82 Å². The summed E-state index contributed by atoms with van der Waals surface area (Å²) in [7, 11) is 0. The SMILES string of the molecule is Cl.NC1(c2noc(-c3cccc(F)c3Br)n2)CCCC1. The minimum Gasteiger partial charge on any atom is -0.334 e. The fraction of sp³-hybridized carbons (Fsp3) is 0.385. The molecule has 7 heteroatoms. The van der Waals surface area contributed by atoms with Gasteiger partial charge in [-0.05, 0) is 40.9 Å². The van der Waals surface area contributed by atoms with Crippen molar-refractivity contribution in [3.05, 3.63) is 34.3 Å². The fourth-order valence-corrected chi connectivity index (χ4v) is 2.87. The number of halogens is 3. The maximum atomic E-state index is 13.5. The van der Waals surface area contributed by atoms with Crippen molar-refractivity contribution in [2.45, 2.75) is 31.2 Å². The monoisotopic (exact) mass is 361 g/mol. The Balaban J connectivity index is 0.00000147. The number of benzene rings is 1. The van der Waals surface area contributed by atoms with Crippen LogP contribution in [0.25, 0.3) is 11.5 Å². The van der Waals surface area contributed by atoms with Gasteiger partial charge in [0.05, 0.1) is 15.6 Å². The standard InChI is InChI=1S/C13H13BrFN3O.ClH/c14-10-8(4-3-5-9(10)15)11-17-12(18-19-11)13(16)6-1-2-7-13;/h3-5H,1-2,6-7,16H2;1H. The lowest BCUT2D eigenvalue weighted by Gasteiger charge is -2.17. The van der Waals surface area contributed by atoms with E-state index in [1.807, 2.05) is 0 Å². The highest BCUT2D eigenvalue weighted by molar-refractivity contribution is 9.10. The summed E-state index contributed by atoms with van der Waals surface area (Å²) in [5.74, 6) is 0.440. The number of nitrogens with zero attached hydrogens (tertiary/aromatic N) is 2. The van der Waals surface area contributed by atoms with Crippen molar-refractivity contribution in [3.8, 4) is 11.5 Å². The lowest BCUT2D eigenvalue weighted by Crippen LogP contribution is -2.34. The molecule has 2 aromatic rings. The van der Waals surface area contributed by atoms with Gasteiger partial charge in [0.1, 0.15) is 5.82 Å². The summed E-state index contributed by atoms with van der Waals surface area (Å²) < 4.78 is 19.0. The van der Waals surface area contributed by atoms with E-state index < -0.39 is 5.54 Å². The molecule has 2 N–H and O–H groups in total. The first-order chi connectivity index (χ1) is 9.10. The molecule has 20 heavy (non-hydrogen) atoms. The second-order valence-corrected chi connectivity index (χ2v) is 5.68. The molecule has 0 unspecified atom stereocenters. The van der Waals surface area contributed by atoms with Crippen molar-refractivity contribution in [3.63, 3.8) is 0 Å². The van der Waals surface area contributed by atoms with Crippen LogP contribution in [0.2, 0.25) is 0 Å². The van der Waals surface area contributed by atoms with E-state index >= 15 is 0 Å². The van der Waals surface area contributed by atoms with Crippen LogP contribution in [0.5, 0.6) is 0 Å². The van der Waals surface area contributed by atoms with Crippen LogP contribution in [0.3, 0.4) is 0 Å². The summed E-state index contributed by atoms with van der Waals surface area (Å²) >= 11 is 3.19. The van der Waals surface area contributed by atoms with E-state index in [1.165, 1.54) is 6.07 Å². The van der Waals surface area contributed by atoms with E-state index in [-0.39, 0.29) is 24.1 Å². The Morgan fingerprint density at radius 1 is 1.30 bits per heavy atom. The van der Waals surface area contributed by atoms with E-state index in [1.54, 1.807) is 12.1 Å². The fourth-order valence-electron chi connectivity index (χ4n) is 2.43. The van der Waals surface area contributed by atoms with E-state index in [0.717, 1.165) is 25.7 Å². The Hall–Kier alpha value is -0.980. The van der Waals surface area contributed by atoms with Crippen molar-refractivity contribution in [2.75, 3.05) is 0 Å². The van der Waals surface area contributed by atoms with Crippen molar-refractivity contribution < 1.29 is 8.91 Å². The van der Waals surface area contributed by atoms with Gasteiger partial charge >= 0.3 is 0 Å². The number of aromatic nitrogens is 2. The Bertz CT molecular complexity index is 613. The lowest BCUT2D eigenvalue weighted by atomic mass is 9.99. The first-order valence-electron chi connectivity index (χ1n) is 6.18. The van der Waals surface area contributed by atoms with Crippen molar-refractivity contribution in [1.29, 1.82) is 0 Å². The summed E-state index contributed by atoms with van der Waals surface area (Å²) in [5, 5.41) is 3.96. The van der Waals surface area contributed by atoms with Crippen LogP contribution in [-0.2, 0) is 5.54 Å². The van der Waals surface area contributed by atoms with Crippen LogP contribution in [0.15, 0.2) is 27.2 Å². The largest absolute Gasteiger partial charge is 0.334 e. The number of nitrogens with two attached hydrogens (primary N) is 1. The second-order valence-electron chi connectivity index (χ2n) is 4.89. The van der Waals surface area contributed by atoms with E-state index in [0.29, 0.717) is 15.9 Å². The quantitative estimate of drug-likeness (QED) is 0.883. The molecule has 0 radical (unpaired) electrons. The maximum absolute atomic E-state index is 13.5. The number of hydrogen-bond acceptors (Lipinski definition) is 4. The molecule has 108 valence electrons. The normalized spacial score (nSPS) is 16.9. The summed E-state index contributed by atoms with van der Waals surface area (Å²) in [6, 6.07) is 4.70. The van der Waals surface area contributed by atoms with Crippen LogP contribution in [0.4, 0.5) is 4.39 Å². The highest BCUT2D eigenvalue weighted by atomic mass is 79.9. The molecule has 1 aliphatic rings. The van der Waals surface area contributed by atoms with Gasteiger partial charge < -0.3 is 10.3 Å². The predicted octanol–water partition coefficient (Wildman–Crippen LogP) is 3.79. The average molecular weight is 363 g/mol. The molecule has 0 spiro atoms. The average Bonchev–Trinajstić information content (AvgIpc) is 3.02. The molecule has 0 saturated heterocycles. The molecule has 1 aliphatic carbocycles. The smallest absolute Gasteiger partial charge is 0.259 e. The lowest BCUT2D eigenvalue weighted by molar-refractivity contribution is 0.372. The van der Waals surface area contributed by atoms with Crippen molar-refractivity contribution >= 4 is 28.3 Å². The number of hydrogen-bond donors (Lipinski definition) is 1. The molecule has 0 atom stereocenters. The molecule has 3 rings (SSSR count). The minimum absolute atomic E-state index is 0. The predicted molar refractivity (Wildman–Crippen MR) is 79.0 cm³/mol. The van der Waals surface area contributed by atoms with Gasteiger partial charge in [-0.25, -0.2) is 4.39 Å². The van der Waals surface area contributed by atoms with E-state index in [2.05, 4.69) is 26.1 Å². The van der Waals surface area contributed by atoms with Crippen LogP contribution in [0, 0.1) is 5.82 Å². The molecule has 1 fully saturated rings. The Kier molecular flexibility index (Phi) is 4.46. The third kappa shape index (κ3) is 2.60. The summed E-state index contributed by atoms with van der Waals surface area (Å²) in [6.07, 6.45) is 3.86. The zero-order chi connectivity index (χ0) is 13.5. The van der Waals surface area contributed by atoms with Gasteiger partial charge in [-0.1, -0.05) is 24.1 Å². The minimum atomic E-state index is -0.498. The molecule has 1 aromatic carbocycles. The van der Waals surface area contributed by atoms with Crippen LogP contribution < -0.4 is 5.73 Å². The van der Waals surface area contributed by atoms with Crippen LogP contribution in [0.1, 0.15) is 31.5 Å². The third-order valence-corrected chi connectivity index (χ3v) is 4.36. The molecular formula is C13H14BrClFN3O. The third-order valence-electron chi connectivity index (χ3n) is 3.55. The van der Waals surface area contributed by atoms with Gasteiger partial charge in [0, 0.05) is 0 Å². The van der Waals surface area contributed by atoms with Crippen LogP contribution in [-0.4, -0.2) is 10.1 Å². The summed E-state index contributed by atoms with van der Waals surface area (Å²) in [4.78, 5) is 4.34. The van der Waals surface area contributed by atoms with Gasteiger partial charge in [-0.15, -0.1) is 12.4 Å². The molecule has 1 heterocycles. The second kappa shape index (κ2) is 5.79. The summed E-state index contributed by atoms with van der Waals surface area (Å²) in [6.45, 7) is 0. The Morgan fingerprint density at radius 3 is 2.70 bits per heavy atom. The van der Waals surface area contributed by atoms with Crippen LogP contribution >= 0.6 is 28.3 Å². The first kappa shape index (κ1) is 15.4. The zero-order valence-corrected chi connectivity index (χ0v) is 13.0. The Labute approximate surface area is 130 Å². The molecule has 1 saturated carbocycles. The number of rotatable bonds is 2. The van der Waals surface area contributed by atoms with Gasteiger partial charge in [0.25, 0.3) is 5.89 Å². The highest BCUT2D eigenvalue weighted by Gasteiger charge is 2.36. The molecular weight excluding hydrogens is 349 g/mol. The topological polar surface area (TPSA) is 64.9 Å². The molecule has 0 amide bonds. The molecule has 0 bridgehead atoms. The molecule has 4 nitrogen and oxygen atoms in total. The van der Waals surface area contributed by atoms with Crippen molar-refractivity contribution in [1.82, 2.24) is 10.1 Å². The van der Waals surface area contributed by atoms with E-state index in [9.17, 15) is 4.39 Å². The maximum Gasteiger partial charge on any atom is 0.259 e. The zero-order valence-electron chi connectivity index (χ0n) is 10.6. The Morgan fingerprint density at radius 2 is 2.00 bits per heavy atom. The summed E-state index contributed by atoms with van der Waals surface area (Å²) in [5.41, 5.74) is 6.31. The van der Waals surface area contributed by atoms with Gasteiger partial charge in [-0.2, -0.15) is 4.98 Å². The van der Waals surface area contributed by atoms with Crippen molar-refractivity contribution in [2.24, 2.45) is 5.73 Å². The molecule has 1 aromatic heterocycles. The van der Waals surface area contributed by atoms with E-state index in [4.69, 9.17) is 10.3 Å². The van der Waals surface area contributed by atoms with Gasteiger partial charge in [-0.3, -0.25) is 0 Å². The first-order valence-corrected chi connectivity index (χ1v) is 6.97. The molecule has 0 aliphatic heterocycles.